The number of hydrogen-bond acceptors (Lipinski definition) is 5. The summed E-state index contributed by atoms with van der Waals surface area (Å²) in [6.07, 6.45) is 0.904. The zero-order valence-electron chi connectivity index (χ0n) is 22.4. The van der Waals surface area contributed by atoms with Crippen molar-refractivity contribution in [3.8, 4) is 0 Å². The normalized spacial score (nSPS) is 14.8. The summed E-state index contributed by atoms with van der Waals surface area (Å²) >= 11 is 0. The van der Waals surface area contributed by atoms with Crippen LogP contribution in [-0.2, 0) is 19.0 Å². The largest absolute Gasteiger partial charge is 0.513 e. The fraction of sp³-hybridized carbons (Fsp3) is 0.846. The Labute approximate surface area is 191 Å². The van der Waals surface area contributed by atoms with E-state index in [9.17, 15) is 9.59 Å². The fourth-order valence-corrected chi connectivity index (χ4v) is 4.74. The molecule has 0 rings (SSSR count). The minimum atomic E-state index is -0.780. The first-order chi connectivity index (χ1) is 13.6. The van der Waals surface area contributed by atoms with Gasteiger partial charge in [0.05, 0.1) is 17.8 Å². The first kappa shape index (κ1) is 29.5. The third kappa shape index (κ3) is 8.50. The van der Waals surface area contributed by atoms with Crippen LogP contribution in [0, 0.1) is 27.1 Å². The molecule has 1 unspecified atom stereocenters. The second-order valence-electron chi connectivity index (χ2n) is 12.8. The molecule has 31 heavy (non-hydrogen) atoms. The minimum absolute atomic E-state index is 0.0252. The SMILES string of the molecule is C=COC(=O)OC(C(C)(C)CC(C)(C)C(=O)OC(C)C)C(C)(C)CC(C)(C)C(C)(C)C. The molecule has 5 heteroatoms. The molecule has 0 spiro atoms. The predicted octanol–water partition coefficient (Wildman–Crippen LogP) is 7.53. The molecule has 0 aromatic heterocycles. The van der Waals surface area contributed by atoms with Crippen LogP contribution in [0.3, 0.4) is 0 Å². The quantitative estimate of drug-likeness (QED) is 0.259. The highest BCUT2D eigenvalue weighted by molar-refractivity contribution is 5.76. The van der Waals surface area contributed by atoms with Crippen molar-refractivity contribution in [1.29, 1.82) is 0 Å². The molecule has 0 aliphatic rings. The maximum Gasteiger partial charge on any atom is 0.513 e. The summed E-state index contributed by atoms with van der Waals surface area (Å²) < 4.78 is 16.3. The molecule has 0 aliphatic carbocycles. The lowest BCUT2D eigenvalue weighted by molar-refractivity contribution is -0.163. The number of carbonyl (C=O) groups excluding carboxylic acids is 2. The fourth-order valence-electron chi connectivity index (χ4n) is 4.74. The highest BCUT2D eigenvalue weighted by Gasteiger charge is 2.51. The van der Waals surface area contributed by atoms with Gasteiger partial charge in [-0.2, -0.15) is 0 Å². The van der Waals surface area contributed by atoms with E-state index >= 15 is 0 Å². The molecule has 0 aliphatic heterocycles. The Balaban J connectivity index is 6.12. The van der Waals surface area contributed by atoms with Crippen molar-refractivity contribution in [2.24, 2.45) is 27.1 Å². The van der Waals surface area contributed by atoms with Gasteiger partial charge in [0.1, 0.15) is 6.10 Å². The molecule has 0 aromatic rings. The van der Waals surface area contributed by atoms with E-state index in [2.05, 4.69) is 55.0 Å². The maximum atomic E-state index is 12.7. The van der Waals surface area contributed by atoms with Gasteiger partial charge in [0.25, 0.3) is 0 Å². The van der Waals surface area contributed by atoms with E-state index in [1.165, 1.54) is 0 Å². The number of rotatable bonds is 10. The van der Waals surface area contributed by atoms with Crippen LogP contribution in [0.25, 0.3) is 0 Å². The standard InChI is InChI=1S/C26H48O5/c1-15-29-21(28)31-19(24(9,10)17-26(13,14)22(4,5)6)23(7,8)16-25(11,12)20(27)30-18(2)3/h15,18-19H,1,16-17H2,2-14H3. The van der Waals surface area contributed by atoms with Crippen LogP contribution < -0.4 is 0 Å². The van der Waals surface area contributed by atoms with Gasteiger partial charge in [-0.05, 0) is 51.4 Å². The Morgan fingerprint density at radius 2 is 1.26 bits per heavy atom. The molecule has 0 saturated heterocycles. The zero-order valence-corrected chi connectivity index (χ0v) is 22.4. The van der Waals surface area contributed by atoms with E-state index in [1.54, 1.807) is 0 Å². The monoisotopic (exact) mass is 440 g/mol. The molecule has 0 radical (unpaired) electrons. The molecule has 5 nitrogen and oxygen atoms in total. The summed E-state index contributed by atoms with van der Waals surface area (Å²) in [6, 6.07) is 0. The van der Waals surface area contributed by atoms with Crippen molar-refractivity contribution in [1.82, 2.24) is 0 Å². The molecule has 0 N–H and O–H groups in total. The summed E-state index contributed by atoms with van der Waals surface area (Å²) in [5.41, 5.74) is -1.63. The number of esters is 1. The summed E-state index contributed by atoms with van der Waals surface area (Å²) in [7, 11) is 0. The van der Waals surface area contributed by atoms with Gasteiger partial charge in [-0.3, -0.25) is 4.79 Å². The van der Waals surface area contributed by atoms with Crippen LogP contribution in [0.4, 0.5) is 4.79 Å². The maximum absolute atomic E-state index is 12.7. The highest BCUT2D eigenvalue weighted by Crippen LogP contribution is 2.52. The molecule has 0 amide bonds. The number of carbonyl (C=O) groups is 2. The van der Waals surface area contributed by atoms with Gasteiger partial charge in [-0.15, -0.1) is 0 Å². The summed E-state index contributed by atoms with van der Waals surface area (Å²) in [5.74, 6) is -0.254. The van der Waals surface area contributed by atoms with Crippen molar-refractivity contribution >= 4 is 12.1 Å². The zero-order chi connectivity index (χ0) is 25.1. The average molecular weight is 441 g/mol. The van der Waals surface area contributed by atoms with Gasteiger partial charge in [-0.25, -0.2) is 4.79 Å². The van der Waals surface area contributed by atoms with Crippen LogP contribution in [0.1, 0.15) is 103 Å². The predicted molar refractivity (Wildman–Crippen MR) is 127 cm³/mol. The van der Waals surface area contributed by atoms with Gasteiger partial charge in [0, 0.05) is 10.8 Å². The third-order valence-electron chi connectivity index (χ3n) is 6.53. The first-order valence-corrected chi connectivity index (χ1v) is 11.3. The summed E-state index contributed by atoms with van der Waals surface area (Å²) in [6.45, 7) is 30.4. The van der Waals surface area contributed by atoms with Crippen molar-refractivity contribution in [3.63, 3.8) is 0 Å². The van der Waals surface area contributed by atoms with E-state index in [4.69, 9.17) is 14.2 Å². The molecule has 0 heterocycles. The second-order valence-corrected chi connectivity index (χ2v) is 12.8. The molecule has 0 bridgehead atoms. The smallest absolute Gasteiger partial charge is 0.463 e. The number of ether oxygens (including phenoxy) is 3. The Hall–Kier alpha value is -1.52. The van der Waals surface area contributed by atoms with Crippen LogP contribution in [0.5, 0.6) is 0 Å². The van der Waals surface area contributed by atoms with E-state index < -0.39 is 28.5 Å². The summed E-state index contributed by atoms with van der Waals surface area (Å²) in [4.78, 5) is 25.1. The van der Waals surface area contributed by atoms with Crippen LogP contribution in [-0.4, -0.2) is 24.3 Å². The van der Waals surface area contributed by atoms with Crippen LogP contribution >= 0.6 is 0 Å². The molecule has 0 aromatic carbocycles. The molecule has 0 fully saturated rings. The van der Waals surface area contributed by atoms with E-state index in [-0.39, 0.29) is 22.9 Å². The van der Waals surface area contributed by atoms with E-state index in [0.717, 1.165) is 12.7 Å². The number of hydrogen-bond donors (Lipinski definition) is 0. The van der Waals surface area contributed by atoms with Crippen molar-refractivity contribution in [2.45, 2.75) is 115 Å². The van der Waals surface area contributed by atoms with Crippen LogP contribution in [0.15, 0.2) is 12.8 Å². The third-order valence-corrected chi connectivity index (χ3v) is 6.53. The average Bonchev–Trinajstić information content (AvgIpc) is 2.48. The van der Waals surface area contributed by atoms with Gasteiger partial charge >= 0.3 is 12.1 Å². The highest BCUT2D eigenvalue weighted by atomic mass is 16.7. The molecular weight excluding hydrogens is 392 g/mol. The van der Waals surface area contributed by atoms with Crippen LogP contribution in [0.2, 0.25) is 0 Å². The lowest BCUT2D eigenvalue weighted by Crippen LogP contribution is -2.50. The molecule has 182 valence electrons. The van der Waals surface area contributed by atoms with Crippen molar-refractivity contribution in [3.05, 3.63) is 12.8 Å². The lowest BCUT2D eigenvalue weighted by atomic mass is 9.57. The first-order valence-electron chi connectivity index (χ1n) is 11.3. The minimum Gasteiger partial charge on any atom is -0.463 e. The molecule has 1 atom stereocenters. The summed E-state index contributed by atoms with van der Waals surface area (Å²) in [5, 5.41) is 0. The van der Waals surface area contributed by atoms with Gasteiger partial charge in [0.2, 0.25) is 0 Å². The van der Waals surface area contributed by atoms with Gasteiger partial charge in [-0.1, -0.05) is 68.9 Å². The topological polar surface area (TPSA) is 61.8 Å². The molecular formula is C26H48O5. The lowest BCUT2D eigenvalue weighted by Gasteiger charge is -2.50. The Morgan fingerprint density at radius 1 is 0.806 bits per heavy atom. The Morgan fingerprint density at radius 3 is 1.65 bits per heavy atom. The van der Waals surface area contributed by atoms with Crippen molar-refractivity contribution in [2.75, 3.05) is 0 Å². The molecule has 0 saturated carbocycles. The van der Waals surface area contributed by atoms with E-state index in [0.29, 0.717) is 6.42 Å². The Kier molecular flexibility index (Phi) is 9.47. The van der Waals surface area contributed by atoms with Crippen molar-refractivity contribution < 1.29 is 23.8 Å². The van der Waals surface area contributed by atoms with E-state index in [1.807, 2.05) is 41.5 Å². The second kappa shape index (κ2) is 9.95. The Bertz CT molecular complexity index is 633. The van der Waals surface area contributed by atoms with Gasteiger partial charge < -0.3 is 14.2 Å². The van der Waals surface area contributed by atoms with Gasteiger partial charge in [0.15, 0.2) is 0 Å².